The molecule has 1 unspecified atom stereocenters. The number of hydrogen-bond donors (Lipinski definition) is 1. The molecule has 1 aliphatic heterocycles. The van der Waals surface area contributed by atoms with Gasteiger partial charge in [0.2, 0.25) is 0 Å². The number of nitrogens with one attached hydrogen (secondary N) is 1. The average molecular weight is 264 g/mol. The Labute approximate surface area is 108 Å². The minimum atomic E-state index is 0.313. The lowest BCUT2D eigenvalue weighted by atomic mass is 10.2. The fraction of sp³-hybridized carbons (Fsp3) is 0.167. The van der Waals surface area contributed by atoms with Gasteiger partial charge in [0, 0.05) is 18.0 Å². The standard InChI is InChI=1S/C12H10ClN3S/c13-11-4-3-10(17-11)12-15-7-9(16-12)8-2-1-5-14-6-8/h1-2,4-7,10H,3H2,(H,15,16). The molecule has 2 aromatic rings. The van der Waals surface area contributed by atoms with E-state index in [1.165, 1.54) is 0 Å². The van der Waals surface area contributed by atoms with Gasteiger partial charge in [0.15, 0.2) is 0 Å². The minimum Gasteiger partial charge on any atom is -0.341 e. The molecule has 1 N–H and O–H groups in total. The number of allylic oxidation sites excluding steroid dienone is 1. The maximum Gasteiger partial charge on any atom is 0.120 e. The van der Waals surface area contributed by atoms with Gasteiger partial charge < -0.3 is 4.98 Å². The quantitative estimate of drug-likeness (QED) is 0.898. The Morgan fingerprint density at radius 2 is 2.35 bits per heavy atom. The molecule has 0 aromatic carbocycles. The first-order valence-corrected chi connectivity index (χ1v) is 6.56. The van der Waals surface area contributed by atoms with E-state index in [-0.39, 0.29) is 0 Å². The van der Waals surface area contributed by atoms with Crippen LogP contribution in [-0.2, 0) is 0 Å². The molecular weight excluding hydrogens is 254 g/mol. The number of imidazole rings is 1. The van der Waals surface area contributed by atoms with E-state index in [0.29, 0.717) is 5.25 Å². The molecule has 5 heteroatoms. The lowest BCUT2D eigenvalue weighted by Crippen LogP contribution is -1.91. The molecule has 3 nitrogen and oxygen atoms in total. The molecule has 3 rings (SSSR count). The van der Waals surface area contributed by atoms with Gasteiger partial charge in [0.25, 0.3) is 0 Å². The van der Waals surface area contributed by atoms with Crippen molar-refractivity contribution in [3.8, 4) is 11.3 Å². The van der Waals surface area contributed by atoms with E-state index >= 15 is 0 Å². The lowest BCUT2D eigenvalue weighted by molar-refractivity contribution is 0.899. The molecule has 17 heavy (non-hydrogen) atoms. The first-order chi connectivity index (χ1) is 8.33. The summed E-state index contributed by atoms with van der Waals surface area (Å²) in [6, 6.07) is 3.93. The second-order valence-electron chi connectivity index (χ2n) is 3.77. The molecule has 1 atom stereocenters. The van der Waals surface area contributed by atoms with Crippen LogP contribution in [0, 0.1) is 0 Å². The van der Waals surface area contributed by atoms with E-state index < -0.39 is 0 Å². The fourth-order valence-corrected chi connectivity index (χ4v) is 3.07. The highest BCUT2D eigenvalue weighted by molar-refractivity contribution is 8.05. The zero-order chi connectivity index (χ0) is 11.7. The molecule has 0 amide bonds. The van der Waals surface area contributed by atoms with Gasteiger partial charge in [-0.2, -0.15) is 0 Å². The number of thioether (sulfide) groups is 1. The second-order valence-corrected chi connectivity index (χ2v) is 5.65. The van der Waals surface area contributed by atoms with Crippen LogP contribution in [0.4, 0.5) is 0 Å². The van der Waals surface area contributed by atoms with Crippen LogP contribution in [0.1, 0.15) is 17.5 Å². The van der Waals surface area contributed by atoms with Crippen LogP contribution in [0.15, 0.2) is 41.2 Å². The summed E-state index contributed by atoms with van der Waals surface area (Å²) < 4.78 is 0.856. The normalized spacial score (nSPS) is 19.4. The van der Waals surface area contributed by atoms with Crippen LogP contribution >= 0.6 is 23.4 Å². The van der Waals surface area contributed by atoms with E-state index in [4.69, 9.17) is 11.6 Å². The number of aromatic amines is 1. The van der Waals surface area contributed by atoms with Gasteiger partial charge in [-0.25, -0.2) is 4.98 Å². The number of rotatable bonds is 2. The van der Waals surface area contributed by atoms with Gasteiger partial charge >= 0.3 is 0 Å². The highest BCUT2D eigenvalue weighted by Crippen LogP contribution is 2.44. The summed E-state index contributed by atoms with van der Waals surface area (Å²) in [4.78, 5) is 11.8. The molecule has 2 aromatic heterocycles. The third kappa shape index (κ3) is 2.23. The predicted molar refractivity (Wildman–Crippen MR) is 70.7 cm³/mol. The van der Waals surface area contributed by atoms with Crippen molar-refractivity contribution in [3.05, 3.63) is 47.0 Å². The fourth-order valence-electron chi connectivity index (χ4n) is 1.77. The van der Waals surface area contributed by atoms with Gasteiger partial charge in [-0.05, 0) is 18.6 Å². The third-order valence-corrected chi connectivity index (χ3v) is 4.13. The molecule has 0 fully saturated rings. The van der Waals surface area contributed by atoms with Gasteiger partial charge in [-0.3, -0.25) is 4.98 Å². The molecule has 0 spiro atoms. The van der Waals surface area contributed by atoms with Crippen molar-refractivity contribution in [1.29, 1.82) is 0 Å². The zero-order valence-corrected chi connectivity index (χ0v) is 10.5. The number of aromatic nitrogens is 3. The van der Waals surface area contributed by atoms with Crippen molar-refractivity contribution in [2.75, 3.05) is 0 Å². The largest absolute Gasteiger partial charge is 0.341 e. The van der Waals surface area contributed by atoms with E-state index in [1.54, 1.807) is 18.0 Å². The molecule has 86 valence electrons. The summed E-state index contributed by atoms with van der Waals surface area (Å²) in [5.74, 6) is 0.973. The zero-order valence-electron chi connectivity index (χ0n) is 8.93. The van der Waals surface area contributed by atoms with Gasteiger partial charge in [-0.1, -0.05) is 17.7 Å². The minimum absolute atomic E-state index is 0.313. The summed E-state index contributed by atoms with van der Waals surface area (Å²) in [7, 11) is 0. The highest BCUT2D eigenvalue weighted by atomic mass is 35.5. The van der Waals surface area contributed by atoms with E-state index in [1.807, 2.05) is 30.6 Å². The molecule has 1 aliphatic rings. The Kier molecular flexibility index (Phi) is 2.91. The maximum absolute atomic E-state index is 5.95. The number of halogens is 1. The van der Waals surface area contributed by atoms with Crippen molar-refractivity contribution in [3.63, 3.8) is 0 Å². The SMILES string of the molecule is ClC1=CCC(c2ncc(-c3cccnc3)[nH]2)S1. The molecule has 0 aliphatic carbocycles. The first-order valence-electron chi connectivity index (χ1n) is 5.30. The maximum atomic E-state index is 5.95. The predicted octanol–water partition coefficient (Wildman–Crippen LogP) is 3.73. The smallest absolute Gasteiger partial charge is 0.120 e. The Balaban J connectivity index is 1.84. The average Bonchev–Trinajstić information content (AvgIpc) is 2.98. The number of hydrogen-bond acceptors (Lipinski definition) is 3. The Morgan fingerprint density at radius 3 is 3.06 bits per heavy atom. The second kappa shape index (κ2) is 4.55. The summed E-state index contributed by atoms with van der Waals surface area (Å²) >= 11 is 7.60. The lowest BCUT2D eigenvalue weighted by Gasteiger charge is -2.04. The third-order valence-electron chi connectivity index (χ3n) is 2.62. The Hall–Kier alpha value is -1.26. The first kappa shape index (κ1) is 10.9. The summed E-state index contributed by atoms with van der Waals surface area (Å²) in [5.41, 5.74) is 2.05. The molecular formula is C12H10ClN3S. The summed E-state index contributed by atoms with van der Waals surface area (Å²) in [6.45, 7) is 0. The summed E-state index contributed by atoms with van der Waals surface area (Å²) in [5, 5.41) is 0.313. The van der Waals surface area contributed by atoms with E-state index in [9.17, 15) is 0 Å². The van der Waals surface area contributed by atoms with E-state index in [2.05, 4.69) is 15.0 Å². The van der Waals surface area contributed by atoms with Crippen molar-refractivity contribution in [1.82, 2.24) is 15.0 Å². The number of nitrogens with zero attached hydrogens (tertiary/aromatic N) is 2. The molecule has 0 saturated heterocycles. The van der Waals surface area contributed by atoms with Crippen LogP contribution < -0.4 is 0 Å². The number of H-pyrrole nitrogens is 1. The van der Waals surface area contributed by atoms with Crippen LogP contribution in [0.25, 0.3) is 11.3 Å². The van der Waals surface area contributed by atoms with Crippen molar-refractivity contribution >= 4 is 23.4 Å². The highest BCUT2D eigenvalue weighted by Gasteiger charge is 2.21. The molecule has 0 saturated carbocycles. The van der Waals surface area contributed by atoms with Gasteiger partial charge in [-0.15, -0.1) is 11.8 Å². The van der Waals surface area contributed by atoms with Crippen molar-refractivity contribution < 1.29 is 0 Å². The van der Waals surface area contributed by atoms with Gasteiger partial charge in [0.1, 0.15) is 5.82 Å². The van der Waals surface area contributed by atoms with Crippen LogP contribution in [0.3, 0.4) is 0 Å². The van der Waals surface area contributed by atoms with Crippen molar-refractivity contribution in [2.45, 2.75) is 11.7 Å². The Bertz CT molecular complexity index is 550. The summed E-state index contributed by atoms with van der Waals surface area (Å²) in [6.07, 6.45) is 8.40. The van der Waals surface area contributed by atoms with Crippen LogP contribution in [0.2, 0.25) is 0 Å². The van der Waals surface area contributed by atoms with E-state index in [0.717, 1.165) is 27.9 Å². The molecule has 0 bridgehead atoms. The van der Waals surface area contributed by atoms with Gasteiger partial charge in [0.05, 0.1) is 21.5 Å². The molecule has 0 radical (unpaired) electrons. The van der Waals surface area contributed by atoms with Crippen LogP contribution in [0.5, 0.6) is 0 Å². The monoisotopic (exact) mass is 263 g/mol. The van der Waals surface area contributed by atoms with Crippen LogP contribution in [-0.4, -0.2) is 15.0 Å². The molecule has 3 heterocycles. The number of pyridine rings is 1. The van der Waals surface area contributed by atoms with Crippen molar-refractivity contribution in [2.24, 2.45) is 0 Å². The Morgan fingerprint density at radius 1 is 1.41 bits per heavy atom. The topological polar surface area (TPSA) is 41.6 Å².